The third kappa shape index (κ3) is 1.49. The van der Waals surface area contributed by atoms with Crippen molar-refractivity contribution in [1.29, 1.82) is 0 Å². The molecule has 0 fully saturated rings. The number of aliphatic hydroxyl groups excluding tert-OH is 1. The van der Waals surface area contributed by atoms with E-state index in [1.165, 1.54) is 23.3 Å². The van der Waals surface area contributed by atoms with Crippen LogP contribution in [0.25, 0.3) is 0 Å². The third-order valence-corrected chi connectivity index (χ3v) is 4.34. The van der Waals surface area contributed by atoms with Crippen LogP contribution in [0.2, 0.25) is 0 Å². The molecule has 0 saturated heterocycles. The van der Waals surface area contributed by atoms with Crippen LogP contribution in [0.15, 0.2) is 11.4 Å². The number of hydrogen-bond donors (Lipinski definition) is 2. The van der Waals surface area contributed by atoms with E-state index in [0.29, 0.717) is 6.54 Å². The highest BCUT2D eigenvalue weighted by atomic mass is 32.1. The van der Waals surface area contributed by atoms with Gasteiger partial charge in [-0.05, 0) is 42.7 Å². The van der Waals surface area contributed by atoms with Gasteiger partial charge in [0.25, 0.3) is 0 Å². The molecular formula is C11H17NOS. The molecule has 1 atom stereocenters. The summed E-state index contributed by atoms with van der Waals surface area (Å²) in [6.07, 6.45) is 4.35. The van der Waals surface area contributed by atoms with E-state index in [1.54, 1.807) is 0 Å². The molecule has 0 amide bonds. The largest absolute Gasteiger partial charge is 0.396 e. The second-order valence-corrected chi connectivity index (χ2v) is 5.07. The standard InChI is InChI=1S/C11H17NOS/c12-8-11(5-6-13)4-1-2-10-9(11)3-7-14-10/h3,7,13H,1-2,4-6,8,12H2. The molecule has 1 aliphatic carbocycles. The van der Waals surface area contributed by atoms with Crippen molar-refractivity contribution < 1.29 is 5.11 Å². The summed E-state index contributed by atoms with van der Waals surface area (Å²) >= 11 is 1.83. The van der Waals surface area contributed by atoms with Crippen molar-refractivity contribution in [3.63, 3.8) is 0 Å². The number of hydrogen-bond acceptors (Lipinski definition) is 3. The van der Waals surface area contributed by atoms with E-state index in [4.69, 9.17) is 10.8 Å². The van der Waals surface area contributed by atoms with E-state index in [-0.39, 0.29) is 12.0 Å². The molecule has 78 valence electrons. The molecule has 1 aliphatic rings. The van der Waals surface area contributed by atoms with Crippen LogP contribution in [0.4, 0.5) is 0 Å². The lowest BCUT2D eigenvalue weighted by Crippen LogP contribution is -2.38. The molecule has 14 heavy (non-hydrogen) atoms. The Labute approximate surface area is 88.8 Å². The molecule has 0 spiro atoms. The summed E-state index contributed by atoms with van der Waals surface area (Å²) in [5.74, 6) is 0. The quantitative estimate of drug-likeness (QED) is 0.799. The Hall–Kier alpha value is -0.380. The van der Waals surface area contributed by atoms with E-state index in [9.17, 15) is 0 Å². The molecule has 1 aromatic rings. The summed E-state index contributed by atoms with van der Waals surface area (Å²) in [7, 11) is 0. The van der Waals surface area contributed by atoms with Gasteiger partial charge in [0, 0.05) is 23.4 Å². The molecule has 1 heterocycles. The minimum absolute atomic E-state index is 0.0718. The maximum absolute atomic E-state index is 9.13. The van der Waals surface area contributed by atoms with Gasteiger partial charge in [-0.1, -0.05) is 0 Å². The second kappa shape index (κ2) is 4.01. The molecule has 0 bridgehead atoms. The Morgan fingerprint density at radius 1 is 1.57 bits per heavy atom. The summed E-state index contributed by atoms with van der Waals surface area (Å²) in [6.45, 7) is 0.907. The highest BCUT2D eigenvalue weighted by Crippen LogP contribution is 2.41. The molecule has 0 radical (unpaired) electrons. The predicted octanol–water partition coefficient (Wildman–Crippen LogP) is 1.66. The molecule has 2 rings (SSSR count). The zero-order valence-electron chi connectivity index (χ0n) is 8.33. The number of thiophene rings is 1. The normalized spacial score (nSPS) is 26.1. The van der Waals surface area contributed by atoms with Gasteiger partial charge in [0.1, 0.15) is 0 Å². The smallest absolute Gasteiger partial charge is 0.0440 e. The van der Waals surface area contributed by atoms with E-state index in [0.717, 1.165) is 12.8 Å². The molecule has 0 saturated carbocycles. The summed E-state index contributed by atoms with van der Waals surface area (Å²) in [5.41, 5.74) is 7.37. The minimum Gasteiger partial charge on any atom is -0.396 e. The van der Waals surface area contributed by atoms with E-state index in [2.05, 4.69) is 11.4 Å². The van der Waals surface area contributed by atoms with Crippen molar-refractivity contribution in [3.8, 4) is 0 Å². The fourth-order valence-corrected chi connectivity index (χ4v) is 3.56. The third-order valence-electron chi connectivity index (χ3n) is 3.36. The lowest BCUT2D eigenvalue weighted by molar-refractivity contribution is 0.224. The Bertz CT molecular complexity index is 310. The van der Waals surface area contributed by atoms with Crippen LogP contribution in [-0.4, -0.2) is 18.3 Å². The second-order valence-electron chi connectivity index (χ2n) is 4.07. The fourth-order valence-electron chi connectivity index (χ4n) is 2.52. The highest BCUT2D eigenvalue weighted by molar-refractivity contribution is 7.10. The van der Waals surface area contributed by atoms with Crippen LogP contribution >= 0.6 is 11.3 Å². The molecule has 2 nitrogen and oxygen atoms in total. The Kier molecular flexibility index (Phi) is 2.91. The minimum atomic E-state index is 0.0718. The molecule has 0 aromatic carbocycles. The van der Waals surface area contributed by atoms with Crippen molar-refractivity contribution in [2.75, 3.05) is 13.2 Å². The summed E-state index contributed by atoms with van der Waals surface area (Å²) < 4.78 is 0. The first-order valence-electron chi connectivity index (χ1n) is 5.20. The van der Waals surface area contributed by atoms with Crippen molar-refractivity contribution in [1.82, 2.24) is 0 Å². The Balaban J connectivity index is 2.36. The zero-order valence-corrected chi connectivity index (χ0v) is 9.15. The van der Waals surface area contributed by atoms with Gasteiger partial charge < -0.3 is 10.8 Å². The first-order chi connectivity index (χ1) is 6.82. The number of fused-ring (bicyclic) bond motifs is 1. The number of aryl methyl sites for hydroxylation is 1. The Morgan fingerprint density at radius 2 is 2.43 bits per heavy atom. The van der Waals surface area contributed by atoms with Gasteiger partial charge in [0.05, 0.1) is 0 Å². The van der Waals surface area contributed by atoms with E-state index in [1.807, 2.05) is 11.3 Å². The van der Waals surface area contributed by atoms with Crippen molar-refractivity contribution in [2.45, 2.75) is 31.1 Å². The van der Waals surface area contributed by atoms with E-state index >= 15 is 0 Å². The maximum atomic E-state index is 9.13. The maximum Gasteiger partial charge on any atom is 0.0440 e. The molecule has 1 aromatic heterocycles. The fraction of sp³-hybridized carbons (Fsp3) is 0.636. The monoisotopic (exact) mass is 211 g/mol. The number of nitrogens with two attached hydrogens (primary N) is 1. The Morgan fingerprint density at radius 3 is 3.14 bits per heavy atom. The molecule has 0 aliphatic heterocycles. The number of aliphatic hydroxyl groups is 1. The van der Waals surface area contributed by atoms with Crippen LogP contribution in [0.1, 0.15) is 29.7 Å². The van der Waals surface area contributed by atoms with Gasteiger partial charge in [-0.3, -0.25) is 0 Å². The topological polar surface area (TPSA) is 46.2 Å². The van der Waals surface area contributed by atoms with Gasteiger partial charge >= 0.3 is 0 Å². The lowest BCUT2D eigenvalue weighted by atomic mass is 9.71. The summed E-state index contributed by atoms with van der Waals surface area (Å²) in [4.78, 5) is 1.48. The van der Waals surface area contributed by atoms with E-state index < -0.39 is 0 Å². The SMILES string of the molecule is NCC1(CCO)CCCc2sccc21. The average Bonchev–Trinajstić information content (AvgIpc) is 2.67. The van der Waals surface area contributed by atoms with Gasteiger partial charge in [-0.25, -0.2) is 0 Å². The molecule has 3 heteroatoms. The van der Waals surface area contributed by atoms with Crippen LogP contribution in [0.5, 0.6) is 0 Å². The van der Waals surface area contributed by atoms with Crippen LogP contribution in [-0.2, 0) is 11.8 Å². The van der Waals surface area contributed by atoms with Crippen LogP contribution in [0, 0.1) is 0 Å². The van der Waals surface area contributed by atoms with Crippen LogP contribution < -0.4 is 5.73 Å². The molecule has 3 N–H and O–H groups in total. The summed E-state index contributed by atoms with van der Waals surface area (Å²) in [6, 6.07) is 2.20. The van der Waals surface area contributed by atoms with Gasteiger partial charge in [-0.2, -0.15) is 0 Å². The van der Waals surface area contributed by atoms with Crippen molar-refractivity contribution >= 4 is 11.3 Å². The van der Waals surface area contributed by atoms with Crippen molar-refractivity contribution in [2.24, 2.45) is 5.73 Å². The molecular weight excluding hydrogens is 194 g/mol. The van der Waals surface area contributed by atoms with Crippen LogP contribution in [0.3, 0.4) is 0 Å². The predicted molar refractivity (Wildman–Crippen MR) is 59.7 cm³/mol. The van der Waals surface area contributed by atoms with Gasteiger partial charge in [0.2, 0.25) is 0 Å². The number of rotatable bonds is 3. The summed E-state index contributed by atoms with van der Waals surface area (Å²) in [5, 5.41) is 11.3. The molecule has 1 unspecified atom stereocenters. The first-order valence-corrected chi connectivity index (χ1v) is 6.08. The first kappa shape index (κ1) is 10.1. The van der Waals surface area contributed by atoms with Crippen molar-refractivity contribution in [3.05, 3.63) is 21.9 Å². The lowest BCUT2D eigenvalue weighted by Gasteiger charge is -2.36. The zero-order chi connectivity index (χ0) is 10.0. The highest BCUT2D eigenvalue weighted by Gasteiger charge is 2.35. The van der Waals surface area contributed by atoms with Gasteiger partial charge in [0.15, 0.2) is 0 Å². The average molecular weight is 211 g/mol. The van der Waals surface area contributed by atoms with Gasteiger partial charge in [-0.15, -0.1) is 11.3 Å².